The van der Waals surface area contributed by atoms with Crippen LogP contribution in [0.2, 0.25) is 5.02 Å². The first kappa shape index (κ1) is 15.3. The zero-order valence-corrected chi connectivity index (χ0v) is 13.0. The molecule has 112 valence electrons. The summed E-state index contributed by atoms with van der Waals surface area (Å²) in [5.74, 6) is -0.0229. The average Bonchev–Trinajstić information content (AvgIpc) is 3.03. The monoisotopic (exact) mass is 299 g/mol. The summed E-state index contributed by atoms with van der Waals surface area (Å²) in [6.07, 6.45) is 2.92. The summed E-state index contributed by atoms with van der Waals surface area (Å²) in [4.78, 5) is 12.3. The maximum Gasteiger partial charge on any atom is 0.244 e. The highest BCUT2D eigenvalue weighted by Crippen LogP contribution is 2.23. The standard InChI is InChI=1S/C14H22ClN3O2/c1-4-12(18-10(3)13(15)9(2)17-18)14(19)16-8-11-6-5-7-20-11/h11-12H,4-8H2,1-3H3,(H,16,19). The fourth-order valence-electron chi connectivity index (χ4n) is 2.55. The third-order valence-electron chi connectivity index (χ3n) is 3.75. The van der Waals surface area contributed by atoms with Gasteiger partial charge in [-0.15, -0.1) is 0 Å². The van der Waals surface area contributed by atoms with Gasteiger partial charge in [-0.25, -0.2) is 0 Å². The van der Waals surface area contributed by atoms with Crippen LogP contribution in [0.15, 0.2) is 0 Å². The minimum atomic E-state index is -0.317. The molecule has 2 rings (SSSR count). The Morgan fingerprint density at radius 1 is 1.60 bits per heavy atom. The fourth-order valence-corrected chi connectivity index (χ4v) is 2.68. The van der Waals surface area contributed by atoms with Crippen LogP contribution in [0.5, 0.6) is 0 Å². The van der Waals surface area contributed by atoms with Crippen LogP contribution in [0, 0.1) is 13.8 Å². The Morgan fingerprint density at radius 2 is 2.35 bits per heavy atom. The summed E-state index contributed by atoms with van der Waals surface area (Å²) in [6.45, 7) is 7.08. The summed E-state index contributed by atoms with van der Waals surface area (Å²) >= 11 is 6.15. The van der Waals surface area contributed by atoms with Crippen LogP contribution in [-0.4, -0.2) is 34.9 Å². The maximum atomic E-state index is 12.3. The molecule has 1 N–H and O–H groups in total. The lowest BCUT2D eigenvalue weighted by Gasteiger charge is -2.18. The Hall–Kier alpha value is -1.07. The van der Waals surface area contributed by atoms with Crippen LogP contribution >= 0.6 is 11.6 Å². The molecule has 1 fully saturated rings. The molecule has 1 aromatic heterocycles. The van der Waals surface area contributed by atoms with Crippen molar-refractivity contribution in [2.75, 3.05) is 13.2 Å². The second-order valence-electron chi connectivity index (χ2n) is 5.23. The number of halogens is 1. The molecular formula is C14H22ClN3O2. The van der Waals surface area contributed by atoms with Crippen LogP contribution in [0.1, 0.15) is 43.6 Å². The minimum Gasteiger partial charge on any atom is -0.376 e. The van der Waals surface area contributed by atoms with Crippen LogP contribution in [-0.2, 0) is 9.53 Å². The third-order valence-corrected chi connectivity index (χ3v) is 4.30. The molecule has 1 aliphatic heterocycles. The topological polar surface area (TPSA) is 56.1 Å². The van der Waals surface area contributed by atoms with E-state index in [9.17, 15) is 4.79 Å². The van der Waals surface area contributed by atoms with Crippen molar-refractivity contribution in [1.82, 2.24) is 15.1 Å². The number of nitrogens with one attached hydrogen (secondary N) is 1. The summed E-state index contributed by atoms with van der Waals surface area (Å²) in [6, 6.07) is -0.317. The largest absolute Gasteiger partial charge is 0.376 e. The first-order valence-electron chi connectivity index (χ1n) is 7.15. The molecule has 6 heteroatoms. The van der Waals surface area contributed by atoms with Crippen molar-refractivity contribution in [3.8, 4) is 0 Å². The van der Waals surface area contributed by atoms with Crippen molar-refractivity contribution in [2.45, 2.75) is 52.2 Å². The first-order chi connectivity index (χ1) is 9.54. The molecule has 20 heavy (non-hydrogen) atoms. The average molecular weight is 300 g/mol. The highest BCUT2D eigenvalue weighted by molar-refractivity contribution is 6.31. The van der Waals surface area contributed by atoms with Gasteiger partial charge in [0.25, 0.3) is 0 Å². The van der Waals surface area contributed by atoms with Crippen LogP contribution < -0.4 is 5.32 Å². The predicted molar refractivity (Wildman–Crippen MR) is 78.0 cm³/mol. The Morgan fingerprint density at radius 3 is 2.85 bits per heavy atom. The lowest BCUT2D eigenvalue weighted by Crippen LogP contribution is -2.37. The quantitative estimate of drug-likeness (QED) is 0.908. The van der Waals surface area contributed by atoms with Gasteiger partial charge < -0.3 is 10.1 Å². The third kappa shape index (κ3) is 3.15. The predicted octanol–water partition coefficient (Wildman–Crippen LogP) is 2.40. The van der Waals surface area contributed by atoms with E-state index in [0.717, 1.165) is 30.8 Å². The Balaban J connectivity index is 2.02. The lowest BCUT2D eigenvalue weighted by molar-refractivity contribution is -0.125. The zero-order valence-electron chi connectivity index (χ0n) is 12.3. The normalized spacial score (nSPS) is 20.1. The molecule has 0 spiro atoms. The van der Waals surface area contributed by atoms with E-state index in [4.69, 9.17) is 16.3 Å². The fraction of sp³-hybridized carbons (Fsp3) is 0.714. The van der Waals surface area contributed by atoms with Gasteiger partial charge in [-0.1, -0.05) is 18.5 Å². The number of hydrogen-bond acceptors (Lipinski definition) is 3. The number of hydrogen-bond donors (Lipinski definition) is 1. The van der Waals surface area contributed by atoms with Crippen molar-refractivity contribution in [3.05, 3.63) is 16.4 Å². The number of carbonyl (C=O) groups is 1. The number of rotatable bonds is 5. The first-order valence-corrected chi connectivity index (χ1v) is 7.52. The van der Waals surface area contributed by atoms with E-state index in [1.54, 1.807) is 4.68 Å². The molecule has 0 aliphatic carbocycles. The molecule has 2 atom stereocenters. The van der Waals surface area contributed by atoms with E-state index in [-0.39, 0.29) is 18.1 Å². The Labute approximate surface area is 124 Å². The number of aromatic nitrogens is 2. The van der Waals surface area contributed by atoms with Crippen molar-refractivity contribution >= 4 is 17.5 Å². The second kappa shape index (κ2) is 6.59. The molecule has 2 unspecified atom stereocenters. The number of carbonyl (C=O) groups excluding carboxylic acids is 1. The summed E-state index contributed by atoms with van der Waals surface area (Å²) in [5.41, 5.74) is 1.60. The van der Waals surface area contributed by atoms with Crippen LogP contribution in [0.4, 0.5) is 0 Å². The molecular weight excluding hydrogens is 278 g/mol. The van der Waals surface area contributed by atoms with Crippen molar-refractivity contribution < 1.29 is 9.53 Å². The van der Waals surface area contributed by atoms with Gasteiger partial charge in [-0.2, -0.15) is 5.10 Å². The minimum absolute atomic E-state index is 0.0229. The highest BCUT2D eigenvalue weighted by Gasteiger charge is 2.24. The van der Waals surface area contributed by atoms with Gasteiger partial charge in [0.15, 0.2) is 0 Å². The second-order valence-corrected chi connectivity index (χ2v) is 5.61. The van der Waals surface area contributed by atoms with Crippen molar-refractivity contribution in [2.24, 2.45) is 0 Å². The number of aryl methyl sites for hydroxylation is 1. The molecule has 0 saturated carbocycles. The molecule has 1 amide bonds. The molecule has 2 heterocycles. The van der Waals surface area contributed by atoms with Gasteiger partial charge in [0.1, 0.15) is 6.04 Å². The van der Waals surface area contributed by atoms with Gasteiger partial charge in [0.2, 0.25) is 5.91 Å². The summed E-state index contributed by atoms with van der Waals surface area (Å²) < 4.78 is 7.24. The number of amides is 1. The molecule has 1 aliphatic rings. The molecule has 1 saturated heterocycles. The maximum absolute atomic E-state index is 12.3. The number of ether oxygens (including phenoxy) is 1. The lowest BCUT2D eigenvalue weighted by atomic mass is 10.2. The Bertz CT molecular complexity index is 481. The zero-order chi connectivity index (χ0) is 14.7. The van der Waals surface area contributed by atoms with Gasteiger partial charge in [0, 0.05) is 13.2 Å². The molecule has 0 radical (unpaired) electrons. The molecule has 1 aromatic rings. The van der Waals surface area contributed by atoms with Gasteiger partial charge >= 0.3 is 0 Å². The number of nitrogens with zero attached hydrogens (tertiary/aromatic N) is 2. The summed E-state index contributed by atoms with van der Waals surface area (Å²) in [5, 5.41) is 7.97. The summed E-state index contributed by atoms with van der Waals surface area (Å²) in [7, 11) is 0. The SMILES string of the molecule is CCC(C(=O)NCC1CCCO1)n1nc(C)c(Cl)c1C. The van der Waals surface area contributed by atoms with Gasteiger partial charge in [-0.3, -0.25) is 9.48 Å². The van der Waals surface area contributed by atoms with Gasteiger partial charge in [-0.05, 0) is 33.1 Å². The molecule has 0 aromatic carbocycles. The van der Waals surface area contributed by atoms with E-state index in [1.807, 2.05) is 20.8 Å². The van der Waals surface area contributed by atoms with Crippen LogP contribution in [0.3, 0.4) is 0 Å². The molecule has 0 bridgehead atoms. The highest BCUT2D eigenvalue weighted by atomic mass is 35.5. The van der Waals surface area contributed by atoms with E-state index in [1.165, 1.54) is 0 Å². The Kier molecular flexibility index (Phi) is 5.05. The molecule has 5 nitrogen and oxygen atoms in total. The van der Waals surface area contributed by atoms with Crippen molar-refractivity contribution in [1.29, 1.82) is 0 Å². The van der Waals surface area contributed by atoms with E-state index in [2.05, 4.69) is 10.4 Å². The van der Waals surface area contributed by atoms with Crippen LogP contribution in [0.25, 0.3) is 0 Å². The van der Waals surface area contributed by atoms with E-state index < -0.39 is 0 Å². The smallest absolute Gasteiger partial charge is 0.244 e. The van der Waals surface area contributed by atoms with Gasteiger partial charge in [0.05, 0.1) is 22.5 Å². The van der Waals surface area contributed by atoms with E-state index >= 15 is 0 Å². The van der Waals surface area contributed by atoms with Crippen molar-refractivity contribution in [3.63, 3.8) is 0 Å². The van der Waals surface area contributed by atoms with E-state index in [0.29, 0.717) is 18.0 Å².